The number of anilines is 2. The van der Waals surface area contributed by atoms with Crippen LogP contribution >= 0.6 is 11.8 Å². The second kappa shape index (κ2) is 12.0. The quantitative estimate of drug-likeness (QED) is 0.319. The van der Waals surface area contributed by atoms with Crippen LogP contribution in [-0.4, -0.2) is 54.9 Å². The minimum absolute atomic E-state index is 0.0741. The summed E-state index contributed by atoms with van der Waals surface area (Å²) in [6, 6.07) is 23.0. The molecule has 2 aliphatic heterocycles. The fourth-order valence-electron chi connectivity index (χ4n) is 4.61. The lowest BCUT2D eigenvalue weighted by Gasteiger charge is -2.37. The maximum Gasteiger partial charge on any atom is 0.294 e. The van der Waals surface area contributed by atoms with Crippen LogP contribution in [0, 0.1) is 0 Å². The van der Waals surface area contributed by atoms with E-state index in [9.17, 15) is 13.0 Å². The molecule has 0 amide bonds. The van der Waals surface area contributed by atoms with E-state index in [0.717, 1.165) is 17.9 Å². The van der Waals surface area contributed by atoms with Crippen LogP contribution in [0.25, 0.3) is 0 Å². The van der Waals surface area contributed by atoms with Gasteiger partial charge in [0, 0.05) is 28.4 Å². The molecule has 5 rings (SSSR count). The van der Waals surface area contributed by atoms with Gasteiger partial charge in [0.05, 0.1) is 16.3 Å². The molecule has 0 spiro atoms. The fraction of sp³-hybridized carbons (Fsp3) is 0.333. The van der Waals surface area contributed by atoms with Gasteiger partial charge in [-0.3, -0.25) is 4.55 Å². The van der Waals surface area contributed by atoms with Crippen LogP contribution in [0.5, 0.6) is 0 Å². The highest BCUT2D eigenvalue weighted by atomic mass is 32.2. The third kappa shape index (κ3) is 6.65. The van der Waals surface area contributed by atoms with Crippen molar-refractivity contribution in [3.05, 3.63) is 72.8 Å². The molecule has 36 heavy (non-hydrogen) atoms. The molecule has 3 aromatic rings. The van der Waals surface area contributed by atoms with E-state index in [-0.39, 0.29) is 4.90 Å². The Bertz CT molecular complexity index is 1270. The van der Waals surface area contributed by atoms with Crippen molar-refractivity contribution < 1.29 is 17.5 Å². The van der Waals surface area contributed by atoms with Crippen LogP contribution in [0.4, 0.5) is 11.4 Å². The molecule has 2 atom stereocenters. The van der Waals surface area contributed by atoms with Crippen molar-refractivity contribution in [2.24, 2.45) is 0 Å². The van der Waals surface area contributed by atoms with Gasteiger partial charge in [0.2, 0.25) is 0 Å². The standard InChI is InChI=1S/C21H26N2OS2.C6H6O3S/c1-22-13-6-5-7-16(22)12-14-23-18-8-3-4-9-20(18)25-21-11-10-17(26(2)24)15-19(21)23;7-10(8,9)6-4-2-1-3-5-6/h3-4,8-11,15-16H,5-7,12-14H2,1-2H3;1-5H,(H,7,8,9). The summed E-state index contributed by atoms with van der Waals surface area (Å²) in [5.74, 6) is 0. The summed E-state index contributed by atoms with van der Waals surface area (Å²) in [5.41, 5.74) is 2.49. The number of fused-ring (bicyclic) bond motifs is 2. The topological polar surface area (TPSA) is 83.9 Å². The van der Waals surface area contributed by atoms with Gasteiger partial charge in [-0.15, -0.1) is 0 Å². The van der Waals surface area contributed by atoms with Crippen LogP contribution < -0.4 is 4.90 Å². The Morgan fingerprint density at radius 3 is 2.36 bits per heavy atom. The SMILES string of the molecule is CN1CCCCC1CCN1c2ccccc2Sc2ccc([S+](C)[O-])cc21.O=S(=O)(O)c1ccccc1. The van der Waals surface area contributed by atoms with Gasteiger partial charge in [-0.25, -0.2) is 0 Å². The Kier molecular flexibility index (Phi) is 9.03. The molecule has 3 aromatic carbocycles. The summed E-state index contributed by atoms with van der Waals surface area (Å²) in [4.78, 5) is 8.36. The molecule has 9 heteroatoms. The number of hydrogen-bond acceptors (Lipinski definition) is 6. The summed E-state index contributed by atoms with van der Waals surface area (Å²) in [5, 5.41) is 0. The lowest BCUT2D eigenvalue weighted by molar-refractivity contribution is 0.178. The monoisotopic (exact) mass is 544 g/mol. The normalized spacial score (nSPS) is 18.4. The van der Waals surface area contributed by atoms with Crippen molar-refractivity contribution in [2.45, 2.75) is 51.3 Å². The van der Waals surface area contributed by atoms with E-state index in [1.54, 1.807) is 24.5 Å². The molecule has 0 aliphatic carbocycles. The van der Waals surface area contributed by atoms with Crippen molar-refractivity contribution in [1.82, 2.24) is 4.90 Å². The first-order valence-electron chi connectivity index (χ1n) is 12.0. The maximum absolute atomic E-state index is 12.0. The van der Waals surface area contributed by atoms with Crippen molar-refractivity contribution in [3.8, 4) is 0 Å². The van der Waals surface area contributed by atoms with Gasteiger partial charge in [0.1, 0.15) is 6.26 Å². The number of nitrogens with zero attached hydrogens (tertiary/aromatic N) is 2. The van der Waals surface area contributed by atoms with Crippen molar-refractivity contribution in [1.29, 1.82) is 0 Å². The maximum atomic E-state index is 12.0. The van der Waals surface area contributed by atoms with Crippen LogP contribution in [-0.2, 0) is 21.3 Å². The molecule has 0 bridgehead atoms. The molecule has 0 radical (unpaired) electrons. The van der Waals surface area contributed by atoms with E-state index in [0.29, 0.717) is 6.04 Å². The number of para-hydroxylation sites is 1. The Hall–Kier alpha value is -2.01. The van der Waals surface area contributed by atoms with Crippen LogP contribution in [0.3, 0.4) is 0 Å². The van der Waals surface area contributed by atoms with Crippen molar-refractivity contribution in [2.75, 3.05) is 31.3 Å². The van der Waals surface area contributed by atoms with E-state index in [4.69, 9.17) is 4.55 Å². The smallest absolute Gasteiger partial charge is 0.294 e. The Morgan fingerprint density at radius 1 is 1.00 bits per heavy atom. The van der Waals surface area contributed by atoms with Gasteiger partial charge >= 0.3 is 0 Å². The molecule has 2 heterocycles. The largest absolute Gasteiger partial charge is 0.612 e. The van der Waals surface area contributed by atoms with Crippen LogP contribution in [0.15, 0.2) is 92.4 Å². The van der Waals surface area contributed by atoms with E-state index in [1.807, 2.05) is 17.8 Å². The van der Waals surface area contributed by atoms with E-state index in [1.165, 1.54) is 59.1 Å². The lowest BCUT2D eigenvalue weighted by atomic mass is 9.99. The molecule has 1 fully saturated rings. The number of likely N-dealkylation sites (tertiary alicyclic amines) is 1. The molecule has 192 valence electrons. The van der Waals surface area contributed by atoms with Gasteiger partial charge in [0.15, 0.2) is 4.90 Å². The van der Waals surface area contributed by atoms with Gasteiger partial charge in [-0.05, 0) is 80.4 Å². The van der Waals surface area contributed by atoms with Crippen LogP contribution in [0.2, 0.25) is 0 Å². The van der Waals surface area contributed by atoms with Gasteiger partial charge in [-0.2, -0.15) is 8.42 Å². The highest BCUT2D eigenvalue weighted by Crippen LogP contribution is 2.48. The lowest BCUT2D eigenvalue weighted by Crippen LogP contribution is -2.38. The average molecular weight is 545 g/mol. The molecule has 0 saturated carbocycles. The van der Waals surface area contributed by atoms with Crippen molar-refractivity contribution in [3.63, 3.8) is 0 Å². The minimum atomic E-state index is -4.00. The summed E-state index contributed by atoms with van der Waals surface area (Å²) in [7, 11) is -1.74. The molecule has 0 aromatic heterocycles. The highest BCUT2D eigenvalue weighted by molar-refractivity contribution is 7.99. The Balaban J connectivity index is 0.000000256. The number of hydrogen-bond donors (Lipinski definition) is 1. The number of benzene rings is 3. The third-order valence-electron chi connectivity index (χ3n) is 6.58. The Labute approximate surface area is 221 Å². The van der Waals surface area contributed by atoms with E-state index >= 15 is 0 Å². The van der Waals surface area contributed by atoms with Gasteiger partial charge in [-0.1, -0.05) is 48.5 Å². The summed E-state index contributed by atoms with van der Waals surface area (Å²) in [6.07, 6.45) is 6.88. The summed E-state index contributed by atoms with van der Waals surface area (Å²) < 4.78 is 41.2. The highest BCUT2D eigenvalue weighted by Gasteiger charge is 2.27. The summed E-state index contributed by atoms with van der Waals surface area (Å²) >= 11 is 0.860. The molecular formula is C27H32N2O4S3. The molecule has 1 N–H and O–H groups in total. The summed E-state index contributed by atoms with van der Waals surface area (Å²) in [6.45, 7) is 2.21. The predicted molar refractivity (Wildman–Crippen MR) is 147 cm³/mol. The average Bonchev–Trinajstić information content (AvgIpc) is 2.87. The molecule has 2 aliphatic rings. The van der Waals surface area contributed by atoms with Gasteiger partial charge in [0.25, 0.3) is 10.1 Å². The van der Waals surface area contributed by atoms with Crippen LogP contribution in [0.1, 0.15) is 25.7 Å². The minimum Gasteiger partial charge on any atom is -0.612 e. The zero-order chi connectivity index (χ0) is 25.7. The molecule has 2 unspecified atom stereocenters. The molecule has 1 saturated heterocycles. The first-order valence-corrected chi connectivity index (χ1v) is 15.8. The molecule has 6 nitrogen and oxygen atoms in total. The second-order valence-corrected chi connectivity index (χ2v) is 12.9. The van der Waals surface area contributed by atoms with Gasteiger partial charge < -0.3 is 14.4 Å². The zero-order valence-corrected chi connectivity index (χ0v) is 23.0. The third-order valence-corrected chi connectivity index (χ3v) is 9.49. The molecular weight excluding hydrogens is 513 g/mol. The fourth-order valence-corrected chi connectivity index (χ4v) is 6.72. The van der Waals surface area contributed by atoms with Crippen molar-refractivity contribution >= 4 is 44.4 Å². The number of rotatable bonds is 5. The predicted octanol–water partition coefficient (Wildman–Crippen LogP) is 5.83. The zero-order valence-electron chi connectivity index (χ0n) is 20.5. The first kappa shape index (κ1) is 27.0. The van der Waals surface area contributed by atoms with E-state index in [2.05, 4.69) is 53.2 Å². The first-order chi connectivity index (χ1) is 17.2. The number of piperidine rings is 1. The Morgan fingerprint density at radius 2 is 1.69 bits per heavy atom. The second-order valence-electron chi connectivity index (χ2n) is 9.01. The van der Waals surface area contributed by atoms with E-state index < -0.39 is 21.3 Å².